The Hall–Kier alpha value is -3.35. The first-order valence-corrected chi connectivity index (χ1v) is 10.1. The average Bonchev–Trinajstić information content (AvgIpc) is 3.13. The molecule has 1 aliphatic heterocycles. The minimum absolute atomic E-state index is 0.177. The second-order valence-electron chi connectivity index (χ2n) is 8.60. The third-order valence-electron chi connectivity index (χ3n) is 5.37. The van der Waals surface area contributed by atoms with E-state index in [4.69, 9.17) is 15.2 Å². The molecule has 2 aromatic carbocycles. The average molecular weight is 424 g/mol. The van der Waals surface area contributed by atoms with Gasteiger partial charge in [-0.05, 0) is 38.0 Å². The number of nitrogens with zero attached hydrogens (tertiary/aromatic N) is 1. The molecule has 0 radical (unpaired) electrons. The van der Waals surface area contributed by atoms with Gasteiger partial charge in [0.25, 0.3) is 0 Å². The number of hydrogen-bond acceptors (Lipinski definition) is 5. The molecule has 2 amide bonds. The van der Waals surface area contributed by atoms with Gasteiger partial charge in [-0.3, -0.25) is 9.69 Å². The third kappa shape index (κ3) is 4.71. The summed E-state index contributed by atoms with van der Waals surface area (Å²) in [5.74, 6) is -1.91. The fourth-order valence-corrected chi connectivity index (χ4v) is 4.19. The Morgan fingerprint density at radius 3 is 2.19 bits per heavy atom. The van der Waals surface area contributed by atoms with E-state index in [-0.39, 0.29) is 12.5 Å². The molecule has 31 heavy (non-hydrogen) atoms. The summed E-state index contributed by atoms with van der Waals surface area (Å²) in [6.45, 7) is 5.47. The molecule has 164 valence electrons. The maximum absolute atomic E-state index is 13.0. The van der Waals surface area contributed by atoms with Crippen LogP contribution >= 0.6 is 0 Å². The molecule has 2 N–H and O–H groups in total. The lowest BCUT2D eigenvalue weighted by Gasteiger charge is -2.29. The standard InChI is InChI=1S/C24H28N2O5/c1-24(2,3)31-23(29)26-14-18(16-12-8-9-13-17(16)22(28)30-4)19(20(26)21(25)27)15-10-6-5-7-11-15/h5-13,18-20H,14H2,1-4H3,(H2,25,27)/t18?,19-,20-/m1/s1. The molecular formula is C24H28N2O5. The number of benzene rings is 2. The number of hydrogen-bond donors (Lipinski definition) is 1. The molecule has 0 saturated carbocycles. The van der Waals surface area contributed by atoms with E-state index in [0.29, 0.717) is 11.1 Å². The number of likely N-dealkylation sites (tertiary alicyclic amines) is 1. The molecule has 1 saturated heterocycles. The van der Waals surface area contributed by atoms with Crippen LogP contribution in [0.25, 0.3) is 0 Å². The molecule has 7 heteroatoms. The van der Waals surface area contributed by atoms with Gasteiger partial charge in [-0.15, -0.1) is 0 Å². The van der Waals surface area contributed by atoms with Crippen LogP contribution in [0.3, 0.4) is 0 Å². The Morgan fingerprint density at radius 2 is 1.61 bits per heavy atom. The Bertz CT molecular complexity index is 967. The Morgan fingerprint density at radius 1 is 1.00 bits per heavy atom. The van der Waals surface area contributed by atoms with Crippen molar-refractivity contribution in [3.05, 3.63) is 71.3 Å². The number of primary amides is 1. The summed E-state index contributed by atoms with van der Waals surface area (Å²) in [5, 5.41) is 0. The van der Waals surface area contributed by atoms with Crippen molar-refractivity contribution in [3.63, 3.8) is 0 Å². The van der Waals surface area contributed by atoms with Crippen LogP contribution in [0.1, 0.15) is 54.1 Å². The summed E-state index contributed by atoms with van der Waals surface area (Å²) >= 11 is 0. The molecule has 2 aromatic rings. The van der Waals surface area contributed by atoms with Gasteiger partial charge in [-0.25, -0.2) is 9.59 Å². The molecule has 3 rings (SSSR count). The van der Waals surface area contributed by atoms with Crippen molar-refractivity contribution in [2.24, 2.45) is 5.73 Å². The van der Waals surface area contributed by atoms with Gasteiger partial charge in [-0.2, -0.15) is 0 Å². The Balaban J connectivity index is 2.14. The van der Waals surface area contributed by atoms with Crippen molar-refractivity contribution in [1.29, 1.82) is 0 Å². The van der Waals surface area contributed by atoms with Crippen LogP contribution in [0.5, 0.6) is 0 Å². The van der Waals surface area contributed by atoms with Crippen molar-refractivity contribution >= 4 is 18.0 Å². The van der Waals surface area contributed by atoms with E-state index in [1.807, 2.05) is 42.5 Å². The summed E-state index contributed by atoms with van der Waals surface area (Å²) in [4.78, 5) is 39.4. The van der Waals surface area contributed by atoms with Gasteiger partial charge in [0.1, 0.15) is 11.6 Å². The maximum atomic E-state index is 13.0. The van der Waals surface area contributed by atoms with Crippen LogP contribution < -0.4 is 5.73 Å². The molecule has 3 atom stereocenters. The summed E-state index contributed by atoms with van der Waals surface area (Å²) in [6.07, 6.45) is -0.615. The van der Waals surface area contributed by atoms with Crippen LogP contribution in [0.2, 0.25) is 0 Å². The minimum atomic E-state index is -0.923. The molecule has 1 aliphatic rings. The molecule has 1 heterocycles. The highest BCUT2D eigenvalue weighted by Crippen LogP contribution is 2.45. The van der Waals surface area contributed by atoms with Crippen LogP contribution in [-0.2, 0) is 14.3 Å². The lowest BCUT2D eigenvalue weighted by molar-refractivity contribution is -0.122. The van der Waals surface area contributed by atoms with Crippen molar-refractivity contribution in [3.8, 4) is 0 Å². The van der Waals surface area contributed by atoms with Crippen LogP contribution in [0.4, 0.5) is 4.79 Å². The number of rotatable bonds is 4. The van der Waals surface area contributed by atoms with Crippen molar-refractivity contribution in [1.82, 2.24) is 4.90 Å². The van der Waals surface area contributed by atoms with Crippen LogP contribution in [-0.4, -0.2) is 48.2 Å². The number of amides is 2. The fraction of sp³-hybridized carbons (Fsp3) is 0.375. The van der Waals surface area contributed by atoms with Gasteiger partial charge < -0.3 is 15.2 Å². The van der Waals surface area contributed by atoms with Gasteiger partial charge in [0.2, 0.25) is 5.91 Å². The minimum Gasteiger partial charge on any atom is -0.465 e. The lowest BCUT2D eigenvalue weighted by atomic mass is 9.78. The molecule has 1 unspecified atom stereocenters. The van der Waals surface area contributed by atoms with E-state index in [0.717, 1.165) is 5.56 Å². The zero-order valence-corrected chi connectivity index (χ0v) is 18.2. The zero-order chi connectivity index (χ0) is 22.8. The first kappa shape index (κ1) is 22.3. The second-order valence-corrected chi connectivity index (χ2v) is 8.60. The molecule has 0 aromatic heterocycles. The highest BCUT2D eigenvalue weighted by Gasteiger charge is 2.50. The highest BCUT2D eigenvalue weighted by molar-refractivity contribution is 5.92. The number of ether oxygens (including phenoxy) is 2. The fourth-order valence-electron chi connectivity index (χ4n) is 4.19. The van der Waals surface area contributed by atoms with Crippen molar-refractivity contribution in [2.75, 3.05) is 13.7 Å². The predicted molar refractivity (Wildman–Crippen MR) is 116 cm³/mol. The van der Waals surface area contributed by atoms with Gasteiger partial charge in [0.15, 0.2) is 0 Å². The van der Waals surface area contributed by atoms with E-state index < -0.39 is 35.5 Å². The first-order valence-electron chi connectivity index (χ1n) is 10.1. The summed E-state index contributed by atoms with van der Waals surface area (Å²) < 4.78 is 10.5. The summed E-state index contributed by atoms with van der Waals surface area (Å²) in [6, 6.07) is 15.6. The van der Waals surface area contributed by atoms with Crippen molar-refractivity contribution in [2.45, 2.75) is 44.2 Å². The van der Waals surface area contributed by atoms with Gasteiger partial charge in [0, 0.05) is 18.4 Å². The van der Waals surface area contributed by atoms with E-state index >= 15 is 0 Å². The van der Waals surface area contributed by atoms with Gasteiger partial charge in [-0.1, -0.05) is 48.5 Å². The Labute approximate surface area is 182 Å². The monoisotopic (exact) mass is 424 g/mol. The second kappa shape index (κ2) is 8.79. The highest BCUT2D eigenvalue weighted by atomic mass is 16.6. The van der Waals surface area contributed by atoms with E-state index in [2.05, 4.69) is 0 Å². The third-order valence-corrected chi connectivity index (χ3v) is 5.37. The smallest absolute Gasteiger partial charge is 0.411 e. The summed E-state index contributed by atoms with van der Waals surface area (Å²) in [7, 11) is 1.32. The lowest BCUT2D eigenvalue weighted by Crippen LogP contribution is -2.47. The number of esters is 1. The number of carbonyl (C=O) groups is 3. The molecular weight excluding hydrogens is 396 g/mol. The van der Waals surface area contributed by atoms with Gasteiger partial charge in [0.05, 0.1) is 12.7 Å². The maximum Gasteiger partial charge on any atom is 0.411 e. The Kier molecular flexibility index (Phi) is 6.34. The molecule has 0 spiro atoms. The SMILES string of the molecule is COC(=O)c1ccccc1C1CN(C(=O)OC(C)(C)C)[C@@H](C(N)=O)[C@@H]1c1ccccc1. The van der Waals surface area contributed by atoms with E-state index in [1.165, 1.54) is 12.0 Å². The van der Waals surface area contributed by atoms with Crippen LogP contribution in [0.15, 0.2) is 54.6 Å². The normalized spacial score (nSPS) is 20.9. The number of carbonyl (C=O) groups excluding carboxylic acids is 3. The summed E-state index contributed by atoms with van der Waals surface area (Å²) in [5.41, 5.74) is 7.01. The quantitative estimate of drug-likeness (QED) is 0.758. The van der Waals surface area contributed by atoms with Gasteiger partial charge >= 0.3 is 12.1 Å². The number of methoxy groups -OCH3 is 1. The van der Waals surface area contributed by atoms with Crippen LogP contribution in [0, 0.1) is 0 Å². The number of nitrogens with two attached hydrogens (primary N) is 1. The topological polar surface area (TPSA) is 98.9 Å². The first-order chi connectivity index (χ1) is 14.6. The predicted octanol–water partition coefficient (Wildman–Crippen LogP) is 3.45. The van der Waals surface area contributed by atoms with Crippen molar-refractivity contribution < 1.29 is 23.9 Å². The molecule has 0 bridgehead atoms. The molecule has 1 fully saturated rings. The molecule has 0 aliphatic carbocycles. The molecule has 7 nitrogen and oxygen atoms in total. The largest absolute Gasteiger partial charge is 0.465 e. The van der Waals surface area contributed by atoms with E-state index in [1.54, 1.807) is 32.9 Å². The van der Waals surface area contributed by atoms with E-state index in [9.17, 15) is 14.4 Å². The zero-order valence-electron chi connectivity index (χ0n) is 18.2.